The third-order valence-corrected chi connectivity index (χ3v) is 3.05. The van der Waals surface area contributed by atoms with E-state index in [2.05, 4.69) is 15.3 Å². The van der Waals surface area contributed by atoms with E-state index in [-0.39, 0.29) is 18.1 Å². The largest absolute Gasteiger partial charge is 0.492 e. The molecule has 0 aliphatic rings. The Balaban J connectivity index is 0.00000264. The zero-order valence-corrected chi connectivity index (χ0v) is 13.7. The number of ether oxygens (including phenoxy) is 1. The number of carbonyl (C=O) groups is 1. The van der Waals surface area contributed by atoms with Crippen LogP contribution in [0.5, 0.6) is 5.75 Å². The molecule has 0 bridgehead atoms. The number of aryl methyl sites for hydroxylation is 2. The fourth-order valence-corrected chi connectivity index (χ4v) is 1.78. The Morgan fingerprint density at radius 1 is 1.30 bits per heavy atom. The van der Waals surface area contributed by atoms with E-state index in [4.69, 9.17) is 10.5 Å². The minimum absolute atomic E-state index is 0. The first-order chi connectivity index (χ1) is 10.5. The minimum atomic E-state index is -0.556. The molecule has 7 nitrogen and oxygen atoms in total. The first kappa shape index (κ1) is 18.7. The Bertz CT molecular complexity index is 728. The number of amides is 1. The summed E-state index contributed by atoms with van der Waals surface area (Å²) in [6.45, 7) is 4.31. The van der Waals surface area contributed by atoms with Crippen molar-refractivity contribution >= 4 is 24.0 Å². The van der Waals surface area contributed by atoms with Crippen molar-refractivity contribution in [2.24, 2.45) is 5.73 Å². The summed E-state index contributed by atoms with van der Waals surface area (Å²) >= 11 is 0. The number of benzene rings is 1. The number of aromatic nitrogens is 2. The molecule has 1 aromatic heterocycles. The summed E-state index contributed by atoms with van der Waals surface area (Å²) in [7, 11) is 0. The van der Waals surface area contributed by atoms with Crippen LogP contribution < -0.4 is 21.3 Å². The zero-order chi connectivity index (χ0) is 16.1. The van der Waals surface area contributed by atoms with Crippen LogP contribution in [0, 0.1) is 13.8 Å². The molecule has 4 N–H and O–H groups in total. The van der Waals surface area contributed by atoms with Crippen LogP contribution in [-0.4, -0.2) is 29.0 Å². The van der Waals surface area contributed by atoms with Gasteiger partial charge in [-0.05, 0) is 38.1 Å². The van der Waals surface area contributed by atoms with Crippen LogP contribution in [0.3, 0.4) is 0 Å². The van der Waals surface area contributed by atoms with E-state index in [1.807, 2.05) is 0 Å². The summed E-state index contributed by atoms with van der Waals surface area (Å²) in [4.78, 5) is 30.5. The van der Waals surface area contributed by atoms with Gasteiger partial charge in [0.15, 0.2) is 5.69 Å². The topological polar surface area (TPSA) is 110 Å². The average Bonchev–Trinajstić information content (AvgIpc) is 2.50. The van der Waals surface area contributed by atoms with Gasteiger partial charge in [0.05, 0.1) is 5.69 Å². The second kappa shape index (κ2) is 8.30. The quantitative estimate of drug-likeness (QED) is 0.763. The van der Waals surface area contributed by atoms with Crippen LogP contribution in [0.2, 0.25) is 0 Å². The highest BCUT2D eigenvalue weighted by Crippen LogP contribution is 2.15. The second-order valence-electron chi connectivity index (χ2n) is 4.74. The zero-order valence-electron chi connectivity index (χ0n) is 12.9. The summed E-state index contributed by atoms with van der Waals surface area (Å²) in [6, 6.07) is 6.78. The Labute approximate surface area is 139 Å². The number of hydrogen-bond acceptors (Lipinski definition) is 5. The summed E-state index contributed by atoms with van der Waals surface area (Å²) in [5.41, 5.74) is 6.47. The average molecular weight is 339 g/mol. The van der Waals surface area contributed by atoms with Gasteiger partial charge in [0.2, 0.25) is 0 Å². The Kier molecular flexibility index (Phi) is 6.74. The van der Waals surface area contributed by atoms with Crippen LogP contribution in [0.25, 0.3) is 0 Å². The summed E-state index contributed by atoms with van der Waals surface area (Å²) in [5, 5.41) is 2.63. The van der Waals surface area contributed by atoms with E-state index in [0.29, 0.717) is 36.0 Å². The predicted molar refractivity (Wildman–Crippen MR) is 90.5 cm³/mol. The number of carbonyl (C=O) groups excluding carboxylic acids is 1. The van der Waals surface area contributed by atoms with Crippen molar-refractivity contribution < 1.29 is 9.53 Å². The normalized spacial score (nSPS) is 9.87. The number of halogens is 1. The van der Waals surface area contributed by atoms with E-state index in [0.717, 1.165) is 0 Å². The van der Waals surface area contributed by atoms with Crippen LogP contribution >= 0.6 is 12.4 Å². The molecule has 1 heterocycles. The number of hydrogen-bond donors (Lipinski definition) is 3. The molecule has 1 amide bonds. The molecule has 2 aromatic rings. The van der Waals surface area contributed by atoms with Gasteiger partial charge in [0.1, 0.15) is 12.4 Å². The first-order valence-electron chi connectivity index (χ1n) is 6.83. The fourth-order valence-electron chi connectivity index (χ4n) is 1.78. The molecular weight excluding hydrogens is 320 g/mol. The highest BCUT2D eigenvalue weighted by molar-refractivity contribution is 6.02. The lowest BCUT2D eigenvalue weighted by molar-refractivity contribution is 0.102. The maximum absolute atomic E-state index is 12.1. The number of H-pyrrole nitrogens is 1. The maximum Gasteiger partial charge on any atom is 0.280 e. The highest BCUT2D eigenvalue weighted by atomic mass is 35.5. The molecule has 0 radical (unpaired) electrons. The molecule has 124 valence electrons. The Morgan fingerprint density at radius 3 is 2.57 bits per heavy atom. The molecule has 0 spiro atoms. The lowest BCUT2D eigenvalue weighted by Gasteiger charge is -2.08. The standard InChI is InChI=1S/C15H18N4O3.ClH/c1-9-10(2)18-14(20)13(17-9)15(21)19-11-3-5-12(6-4-11)22-8-7-16;/h3-6H,7-8,16H2,1-2H3,(H,18,20)(H,19,21);1H. The van der Waals surface area contributed by atoms with Gasteiger partial charge in [-0.25, -0.2) is 4.98 Å². The van der Waals surface area contributed by atoms with Crippen molar-refractivity contribution in [1.29, 1.82) is 0 Å². The van der Waals surface area contributed by atoms with Gasteiger partial charge in [-0.1, -0.05) is 0 Å². The Hall–Kier alpha value is -2.38. The summed E-state index contributed by atoms with van der Waals surface area (Å²) in [6.07, 6.45) is 0. The van der Waals surface area contributed by atoms with Gasteiger partial charge in [0.25, 0.3) is 11.5 Å². The van der Waals surface area contributed by atoms with E-state index in [9.17, 15) is 9.59 Å². The molecule has 0 atom stereocenters. The van der Waals surface area contributed by atoms with Gasteiger partial charge in [-0.2, -0.15) is 0 Å². The summed E-state index contributed by atoms with van der Waals surface area (Å²) in [5.74, 6) is 0.102. The van der Waals surface area contributed by atoms with Crippen molar-refractivity contribution in [3.63, 3.8) is 0 Å². The van der Waals surface area contributed by atoms with Crippen molar-refractivity contribution in [3.8, 4) is 5.75 Å². The van der Waals surface area contributed by atoms with E-state index in [1.165, 1.54) is 0 Å². The minimum Gasteiger partial charge on any atom is -0.492 e. The van der Waals surface area contributed by atoms with Crippen LogP contribution in [-0.2, 0) is 0 Å². The van der Waals surface area contributed by atoms with E-state index in [1.54, 1.807) is 38.1 Å². The van der Waals surface area contributed by atoms with Crippen LogP contribution in [0.4, 0.5) is 5.69 Å². The van der Waals surface area contributed by atoms with Gasteiger partial charge in [-0.3, -0.25) is 9.59 Å². The van der Waals surface area contributed by atoms with Crippen molar-refractivity contribution in [2.75, 3.05) is 18.5 Å². The number of nitrogens with zero attached hydrogens (tertiary/aromatic N) is 1. The van der Waals surface area contributed by atoms with Crippen molar-refractivity contribution in [1.82, 2.24) is 9.97 Å². The van der Waals surface area contributed by atoms with E-state index >= 15 is 0 Å². The SMILES string of the molecule is Cc1nc(C(=O)Nc2ccc(OCCN)cc2)c(=O)[nH]c1C.Cl. The molecule has 0 unspecified atom stereocenters. The molecule has 2 rings (SSSR count). The third-order valence-electron chi connectivity index (χ3n) is 3.05. The monoisotopic (exact) mass is 338 g/mol. The van der Waals surface area contributed by atoms with Gasteiger partial charge < -0.3 is 20.8 Å². The van der Waals surface area contributed by atoms with Gasteiger partial charge in [0, 0.05) is 17.9 Å². The van der Waals surface area contributed by atoms with Crippen LogP contribution in [0.15, 0.2) is 29.1 Å². The number of nitrogens with two attached hydrogens (primary N) is 1. The number of anilines is 1. The molecule has 0 saturated carbocycles. The van der Waals surface area contributed by atoms with Crippen molar-refractivity contribution in [3.05, 3.63) is 51.7 Å². The molecule has 8 heteroatoms. The maximum atomic E-state index is 12.1. The van der Waals surface area contributed by atoms with Gasteiger partial charge >= 0.3 is 0 Å². The third kappa shape index (κ3) is 4.80. The molecule has 0 aliphatic carbocycles. The smallest absolute Gasteiger partial charge is 0.280 e. The molecule has 0 aliphatic heterocycles. The lowest BCUT2D eigenvalue weighted by atomic mass is 10.2. The molecule has 0 fully saturated rings. The predicted octanol–water partition coefficient (Wildman–Crippen LogP) is 1.40. The number of aromatic amines is 1. The molecule has 0 saturated heterocycles. The summed E-state index contributed by atoms with van der Waals surface area (Å²) < 4.78 is 5.34. The Morgan fingerprint density at radius 2 is 1.96 bits per heavy atom. The molecule has 1 aromatic carbocycles. The van der Waals surface area contributed by atoms with Crippen LogP contribution in [0.1, 0.15) is 21.9 Å². The lowest BCUT2D eigenvalue weighted by Crippen LogP contribution is -2.26. The number of nitrogens with one attached hydrogen (secondary N) is 2. The molecule has 23 heavy (non-hydrogen) atoms. The van der Waals surface area contributed by atoms with Gasteiger partial charge in [-0.15, -0.1) is 12.4 Å². The first-order valence-corrected chi connectivity index (χ1v) is 6.83. The second-order valence-corrected chi connectivity index (χ2v) is 4.74. The van der Waals surface area contributed by atoms with E-state index < -0.39 is 11.5 Å². The fraction of sp³-hybridized carbons (Fsp3) is 0.267. The molecular formula is C15H19ClN4O3. The number of rotatable bonds is 5. The highest BCUT2D eigenvalue weighted by Gasteiger charge is 2.14. The van der Waals surface area contributed by atoms with Crippen molar-refractivity contribution in [2.45, 2.75) is 13.8 Å².